The number of thioether (sulfide) groups is 1. The van der Waals surface area contributed by atoms with E-state index in [1.807, 2.05) is 0 Å². The summed E-state index contributed by atoms with van der Waals surface area (Å²) >= 11 is 6.90. The van der Waals surface area contributed by atoms with Crippen molar-refractivity contribution in [2.45, 2.75) is 23.9 Å². The van der Waals surface area contributed by atoms with E-state index < -0.39 is 4.92 Å². The Morgan fingerprint density at radius 2 is 2.30 bits per heavy atom. The molecule has 0 atom stereocenters. The van der Waals surface area contributed by atoms with Gasteiger partial charge in [0.05, 0.1) is 10.7 Å². The van der Waals surface area contributed by atoms with Crippen molar-refractivity contribution < 1.29 is 9.72 Å². The van der Waals surface area contributed by atoms with Crippen molar-refractivity contribution >= 4 is 40.6 Å². The number of nitro groups is 1. The molecule has 0 bridgehead atoms. The molecule has 23 heavy (non-hydrogen) atoms. The van der Waals surface area contributed by atoms with Gasteiger partial charge in [-0.05, 0) is 25.0 Å². The molecule has 8 nitrogen and oxygen atoms in total. The minimum atomic E-state index is -0.591. The van der Waals surface area contributed by atoms with Crippen LogP contribution in [0.25, 0.3) is 0 Å². The third kappa shape index (κ3) is 3.99. The minimum absolute atomic E-state index is 0.0573. The topological polar surface area (TPSA) is 114 Å². The summed E-state index contributed by atoms with van der Waals surface area (Å²) in [5.41, 5.74) is -0.136. The van der Waals surface area contributed by atoms with Gasteiger partial charge in [0.1, 0.15) is 11.5 Å². The number of nitrogens with zero attached hydrogens (tertiary/aromatic N) is 3. The maximum absolute atomic E-state index is 11.9. The van der Waals surface area contributed by atoms with Crippen molar-refractivity contribution in [3.8, 4) is 0 Å². The first-order valence-electron chi connectivity index (χ1n) is 6.82. The molecule has 120 valence electrons. The molecule has 1 aromatic carbocycles. The summed E-state index contributed by atoms with van der Waals surface area (Å²) in [4.78, 5) is 26.6. The molecule has 2 N–H and O–H groups in total. The maximum atomic E-state index is 11.9. The predicted octanol–water partition coefficient (Wildman–Crippen LogP) is 2.97. The zero-order valence-corrected chi connectivity index (χ0v) is 13.4. The van der Waals surface area contributed by atoms with E-state index in [0.717, 1.165) is 18.7 Å². The molecule has 1 amide bonds. The zero-order chi connectivity index (χ0) is 16.4. The lowest BCUT2D eigenvalue weighted by Crippen LogP contribution is -2.15. The smallest absolute Gasteiger partial charge is 0.294 e. The summed E-state index contributed by atoms with van der Waals surface area (Å²) in [6, 6.07) is 4.08. The Bertz CT molecular complexity index is 762. The summed E-state index contributed by atoms with van der Waals surface area (Å²) in [5, 5.41) is 21.1. The van der Waals surface area contributed by atoms with Crippen molar-refractivity contribution in [3.63, 3.8) is 0 Å². The number of carbonyl (C=O) groups is 1. The highest BCUT2D eigenvalue weighted by Gasteiger charge is 2.27. The molecular formula is C13H12ClN5O3S. The summed E-state index contributed by atoms with van der Waals surface area (Å²) in [6.45, 7) is 0. The molecular weight excluding hydrogens is 342 g/mol. The van der Waals surface area contributed by atoms with Crippen LogP contribution in [0.1, 0.15) is 24.6 Å². The van der Waals surface area contributed by atoms with Gasteiger partial charge in [-0.15, -0.1) is 5.10 Å². The maximum Gasteiger partial charge on any atom is 0.294 e. The summed E-state index contributed by atoms with van der Waals surface area (Å²) in [5.74, 6) is 0.990. The van der Waals surface area contributed by atoms with Gasteiger partial charge in [0.25, 0.3) is 5.69 Å². The van der Waals surface area contributed by atoms with Gasteiger partial charge in [0, 0.05) is 17.0 Å². The molecule has 1 saturated carbocycles. The highest BCUT2D eigenvalue weighted by Crippen LogP contribution is 2.38. The fraction of sp³-hybridized carbons (Fsp3) is 0.308. The number of H-pyrrole nitrogens is 1. The number of rotatable bonds is 6. The van der Waals surface area contributed by atoms with Gasteiger partial charge in [-0.25, -0.2) is 4.98 Å². The normalized spacial score (nSPS) is 13.8. The van der Waals surface area contributed by atoms with Crippen LogP contribution >= 0.6 is 23.4 Å². The van der Waals surface area contributed by atoms with Crippen molar-refractivity contribution in [1.82, 2.24) is 15.2 Å². The largest absolute Gasteiger partial charge is 0.320 e. The van der Waals surface area contributed by atoms with Crippen LogP contribution in [0.4, 0.5) is 11.4 Å². The number of carbonyl (C=O) groups excluding carboxylic acids is 1. The lowest BCUT2D eigenvalue weighted by Gasteiger charge is -2.05. The lowest BCUT2D eigenvalue weighted by atomic mass is 10.2. The number of hydrogen-bond donors (Lipinski definition) is 2. The Hall–Kier alpha value is -2.13. The number of nitrogens with one attached hydrogen (secondary N) is 2. The Morgan fingerprint density at radius 3 is 3.00 bits per heavy atom. The second kappa shape index (κ2) is 6.55. The van der Waals surface area contributed by atoms with Crippen molar-refractivity contribution in [1.29, 1.82) is 0 Å². The molecule has 0 aliphatic heterocycles. The van der Waals surface area contributed by atoms with E-state index in [2.05, 4.69) is 20.5 Å². The summed E-state index contributed by atoms with van der Waals surface area (Å²) in [7, 11) is 0. The molecule has 1 heterocycles. The molecule has 0 spiro atoms. The number of nitro benzene ring substituents is 1. The number of anilines is 1. The third-order valence-corrected chi connectivity index (χ3v) is 4.29. The van der Waals surface area contributed by atoms with E-state index in [1.54, 1.807) is 0 Å². The lowest BCUT2D eigenvalue weighted by molar-refractivity contribution is -0.383. The molecule has 1 aromatic heterocycles. The molecule has 3 rings (SSSR count). The number of benzene rings is 1. The predicted molar refractivity (Wildman–Crippen MR) is 85.8 cm³/mol. The van der Waals surface area contributed by atoms with Crippen molar-refractivity contribution in [3.05, 3.63) is 39.2 Å². The van der Waals surface area contributed by atoms with E-state index in [-0.39, 0.29) is 28.1 Å². The van der Waals surface area contributed by atoms with E-state index in [1.165, 1.54) is 30.0 Å². The first-order valence-corrected chi connectivity index (χ1v) is 8.18. The molecule has 1 aliphatic carbocycles. The fourth-order valence-corrected chi connectivity index (χ4v) is 2.71. The zero-order valence-electron chi connectivity index (χ0n) is 11.8. The molecule has 10 heteroatoms. The van der Waals surface area contributed by atoms with E-state index in [9.17, 15) is 14.9 Å². The molecule has 1 fully saturated rings. The molecule has 0 radical (unpaired) electrons. The quantitative estimate of drug-likeness (QED) is 0.468. The molecule has 1 aliphatic rings. The molecule has 0 saturated heterocycles. The monoisotopic (exact) mass is 353 g/mol. The van der Waals surface area contributed by atoms with Crippen molar-refractivity contribution in [2.24, 2.45) is 0 Å². The van der Waals surface area contributed by atoms with Crippen LogP contribution in [0.2, 0.25) is 5.02 Å². The second-order valence-corrected chi connectivity index (χ2v) is 6.41. The Labute approximate surface area is 140 Å². The van der Waals surface area contributed by atoms with Gasteiger partial charge < -0.3 is 5.32 Å². The summed E-state index contributed by atoms with van der Waals surface area (Å²) < 4.78 is 0. The van der Waals surface area contributed by atoms with Gasteiger partial charge >= 0.3 is 0 Å². The highest BCUT2D eigenvalue weighted by atomic mass is 35.5. The van der Waals surface area contributed by atoms with Crippen LogP contribution in [0.3, 0.4) is 0 Å². The average molecular weight is 354 g/mol. The van der Waals surface area contributed by atoms with Gasteiger partial charge in [-0.3, -0.25) is 20.0 Å². The SMILES string of the molecule is O=C(CSc1n[nH]c(C2CC2)n1)Nc1ccc(Cl)cc1[N+](=O)[O-]. The van der Waals surface area contributed by atoms with Crippen LogP contribution < -0.4 is 5.32 Å². The number of aromatic amines is 1. The van der Waals surface area contributed by atoms with E-state index >= 15 is 0 Å². The van der Waals surface area contributed by atoms with Crippen molar-refractivity contribution in [2.75, 3.05) is 11.1 Å². The third-order valence-electron chi connectivity index (χ3n) is 3.21. The van der Waals surface area contributed by atoms with E-state index in [4.69, 9.17) is 11.6 Å². The molecule has 0 unspecified atom stereocenters. The van der Waals surface area contributed by atoms with Gasteiger partial charge in [0.2, 0.25) is 11.1 Å². The second-order valence-electron chi connectivity index (χ2n) is 5.03. The fourth-order valence-electron chi connectivity index (χ4n) is 1.94. The van der Waals surface area contributed by atoms with Gasteiger partial charge in [-0.2, -0.15) is 0 Å². The van der Waals surface area contributed by atoms with Crippen LogP contribution in [-0.2, 0) is 4.79 Å². The standard InChI is InChI=1S/C13H12ClN5O3S/c14-8-3-4-9(10(5-8)19(21)22)15-11(20)6-23-13-16-12(17-18-13)7-1-2-7/h3-5,7H,1-2,6H2,(H,15,20)(H,16,17,18). The van der Waals surface area contributed by atoms with Crippen LogP contribution in [0, 0.1) is 10.1 Å². The Morgan fingerprint density at radius 1 is 1.52 bits per heavy atom. The number of aromatic nitrogens is 3. The summed E-state index contributed by atoms with van der Waals surface area (Å²) in [6.07, 6.45) is 2.22. The highest BCUT2D eigenvalue weighted by molar-refractivity contribution is 7.99. The van der Waals surface area contributed by atoms with Gasteiger partial charge in [-0.1, -0.05) is 23.4 Å². The van der Waals surface area contributed by atoms with E-state index in [0.29, 0.717) is 11.1 Å². The minimum Gasteiger partial charge on any atom is -0.320 e. The number of amides is 1. The first-order chi connectivity index (χ1) is 11.0. The Balaban J connectivity index is 1.59. The van der Waals surface area contributed by atoms with Crippen LogP contribution in [0.15, 0.2) is 23.4 Å². The molecule has 2 aromatic rings. The van der Waals surface area contributed by atoms with Crippen LogP contribution in [0.5, 0.6) is 0 Å². The first kappa shape index (κ1) is 15.8. The van der Waals surface area contributed by atoms with Gasteiger partial charge in [0.15, 0.2) is 0 Å². The van der Waals surface area contributed by atoms with Crippen LogP contribution in [-0.4, -0.2) is 31.8 Å². The number of hydrogen-bond acceptors (Lipinski definition) is 6. The Kier molecular flexibility index (Phi) is 4.49. The average Bonchev–Trinajstić information content (AvgIpc) is 3.26. The number of halogens is 1.